The molecular formula is C21H21F3N2O4. The molecule has 0 radical (unpaired) electrons. The fourth-order valence-electron chi connectivity index (χ4n) is 3.51. The van der Waals surface area contributed by atoms with Crippen molar-refractivity contribution in [2.75, 3.05) is 7.11 Å². The maximum atomic E-state index is 12.5. The van der Waals surface area contributed by atoms with Gasteiger partial charge in [0.25, 0.3) is 0 Å². The highest BCUT2D eigenvalue weighted by molar-refractivity contribution is 5.86. The molecule has 1 atom stereocenters. The molecule has 0 saturated carbocycles. The van der Waals surface area contributed by atoms with E-state index in [9.17, 15) is 23.1 Å². The van der Waals surface area contributed by atoms with Crippen LogP contribution in [0.4, 0.5) is 13.2 Å². The Balaban J connectivity index is 1.98. The number of fused-ring (bicyclic) bond motifs is 1. The number of alkyl halides is 3. The molecule has 30 heavy (non-hydrogen) atoms. The number of carbonyl (C=O) groups is 1. The highest BCUT2D eigenvalue weighted by Gasteiger charge is 2.31. The first-order valence-corrected chi connectivity index (χ1v) is 9.12. The molecule has 0 aliphatic carbocycles. The van der Waals surface area contributed by atoms with Gasteiger partial charge in [-0.3, -0.25) is 4.79 Å². The molecule has 0 unspecified atom stereocenters. The molecule has 3 aromatic rings. The zero-order chi connectivity index (χ0) is 21.9. The van der Waals surface area contributed by atoms with Crippen molar-refractivity contribution >= 4 is 16.9 Å². The molecule has 9 heteroatoms. The molecule has 0 bridgehead atoms. The second-order valence-electron chi connectivity index (χ2n) is 6.78. The topological polar surface area (TPSA) is 72.7 Å². The second kappa shape index (κ2) is 8.76. The lowest BCUT2D eigenvalue weighted by Crippen LogP contribution is -2.37. The van der Waals surface area contributed by atoms with Gasteiger partial charge in [-0.1, -0.05) is 30.3 Å². The molecule has 3 rings (SSSR count). The first-order valence-electron chi connectivity index (χ1n) is 9.12. The van der Waals surface area contributed by atoms with E-state index in [1.165, 1.54) is 25.3 Å². The molecule has 2 aromatic carbocycles. The van der Waals surface area contributed by atoms with Crippen molar-refractivity contribution in [1.82, 2.24) is 10.0 Å². The fourth-order valence-corrected chi connectivity index (χ4v) is 3.51. The van der Waals surface area contributed by atoms with Gasteiger partial charge in [-0.15, -0.1) is 13.2 Å². The standard InChI is InChI=1S/C21H21F3N2O4/c1-13-17(11-18(20(27)28)25-29-2)16-8-3-4-9-19(16)26(13)12-14-6-5-7-15(10-14)30-21(22,23)24/h3-10,18,25H,11-12H2,1-2H3,(H,27,28)/t18-/m0/s1. The zero-order valence-electron chi connectivity index (χ0n) is 16.4. The van der Waals surface area contributed by atoms with Gasteiger partial charge >= 0.3 is 12.3 Å². The monoisotopic (exact) mass is 422 g/mol. The van der Waals surface area contributed by atoms with Gasteiger partial charge in [0.05, 0.1) is 7.11 Å². The van der Waals surface area contributed by atoms with E-state index in [1.807, 2.05) is 35.8 Å². The number of aliphatic carboxylic acids is 1. The predicted octanol–water partition coefficient (Wildman–Crippen LogP) is 4.04. The number of nitrogens with one attached hydrogen (secondary N) is 1. The van der Waals surface area contributed by atoms with Crippen molar-refractivity contribution in [3.05, 3.63) is 65.4 Å². The third-order valence-electron chi connectivity index (χ3n) is 4.80. The largest absolute Gasteiger partial charge is 0.573 e. The van der Waals surface area contributed by atoms with Crippen LogP contribution in [0.25, 0.3) is 10.9 Å². The highest BCUT2D eigenvalue weighted by Crippen LogP contribution is 2.29. The Morgan fingerprint density at radius 1 is 1.20 bits per heavy atom. The number of hydrogen-bond donors (Lipinski definition) is 2. The van der Waals surface area contributed by atoms with Crippen LogP contribution in [0.5, 0.6) is 5.75 Å². The minimum atomic E-state index is -4.76. The quantitative estimate of drug-likeness (QED) is 0.536. The summed E-state index contributed by atoms with van der Waals surface area (Å²) in [4.78, 5) is 16.3. The maximum absolute atomic E-state index is 12.5. The number of benzene rings is 2. The Bertz CT molecular complexity index is 1050. The van der Waals surface area contributed by atoms with E-state index < -0.39 is 18.4 Å². The van der Waals surface area contributed by atoms with Crippen LogP contribution in [-0.2, 0) is 22.6 Å². The molecule has 0 spiro atoms. The lowest BCUT2D eigenvalue weighted by Gasteiger charge is -2.14. The van der Waals surface area contributed by atoms with E-state index >= 15 is 0 Å². The number of hydrogen-bond acceptors (Lipinski definition) is 4. The highest BCUT2D eigenvalue weighted by atomic mass is 19.4. The van der Waals surface area contributed by atoms with Gasteiger partial charge in [-0.05, 0) is 36.2 Å². The third kappa shape index (κ3) is 4.92. The molecule has 2 N–H and O–H groups in total. The summed E-state index contributed by atoms with van der Waals surface area (Å²) in [5.74, 6) is -1.34. The summed E-state index contributed by atoms with van der Waals surface area (Å²) in [6, 6.07) is 12.3. The SMILES string of the molecule is CON[C@@H](Cc1c(C)n(Cc2cccc(OC(F)(F)F)c2)c2ccccc12)C(=O)O. The average molecular weight is 422 g/mol. The number of ether oxygens (including phenoxy) is 1. The van der Waals surface area contributed by atoms with Gasteiger partial charge in [0.15, 0.2) is 0 Å². The van der Waals surface area contributed by atoms with E-state index in [2.05, 4.69) is 10.2 Å². The summed E-state index contributed by atoms with van der Waals surface area (Å²) in [5.41, 5.74) is 5.60. The third-order valence-corrected chi connectivity index (χ3v) is 4.80. The van der Waals surface area contributed by atoms with Crippen LogP contribution in [0.3, 0.4) is 0 Å². The first kappa shape index (κ1) is 21.7. The molecule has 0 aliphatic rings. The van der Waals surface area contributed by atoms with Crippen molar-refractivity contribution in [1.29, 1.82) is 0 Å². The summed E-state index contributed by atoms with van der Waals surface area (Å²) in [7, 11) is 1.35. The number of rotatable bonds is 8. The molecule has 1 heterocycles. The van der Waals surface area contributed by atoms with E-state index in [0.29, 0.717) is 12.1 Å². The number of halogens is 3. The van der Waals surface area contributed by atoms with Crippen LogP contribution < -0.4 is 10.2 Å². The Kier molecular flexibility index (Phi) is 6.33. The molecule has 0 fully saturated rings. The molecule has 6 nitrogen and oxygen atoms in total. The van der Waals surface area contributed by atoms with Crippen LogP contribution in [0.2, 0.25) is 0 Å². The van der Waals surface area contributed by atoms with Crippen molar-refractivity contribution < 1.29 is 32.6 Å². The van der Waals surface area contributed by atoms with Crippen molar-refractivity contribution in [3.63, 3.8) is 0 Å². The molecule has 0 amide bonds. The second-order valence-corrected chi connectivity index (χ2v) is 6.78. The smallest absolute Gasteiger partial charge is 0.480 e. The van der Waals surface area contributed by atoms with E-state index in [1.54, 1.807) is 6.07 Å². The van der Waals surface area contributed by atoms with Crippen molar-refractivity contribution in [2.24, 2.45) is 0 Å². The van der Waals surface area contributed by atoms with Crippen LogP contribution in [-0.4, -0.2) is 35.2 Å². The summed E-state index contributed by atoms with van der Waals surface area (Å²) < 4.78 is 43.6. The number of carboxylic acid groups (broad SMARTS) is 1. The summed E-state index contributed by atoms with van der Waals surface area (Å²) in [5, 5.41) is 10.3. The van der Waals surface area contributed by atoms with E-state index in [4.69, 9.17) is 4.84 Å². The Morgan fingerprint density at radius 2 is 1.93 bits per heavy atom. The van der Waals surface area contributed by atoms with Crippen molar-refractivity contribution in [2.45, 2.75) is 32.3 Å². The van der Waals surface area contributed by atoms with Gasteiger partial charge < -0.3 is 19.2 Å². The van der Waals surface area contributed by atoms with Crippen LogP contribution in [0.15, 0.2) is 48.5 Å². The van der Waals surface area contributed by atoms with Crippen molar-refractivity contribution in [3.8, 4) is 5.75 Å². The Hall–Kier alpha value is -3.04. The minimum Gasteiger partial charge on any atom is -0.480 e. The predicted molar refractivity (Wildman–Crippen MR) is 104 cm³/mol. The van der Waals surface area contributed by atoms with Crippen LogP contribution >= 0.6 is 0 Å². The average Bonchev–Trinajstić information content (AvgIpc) is 2.92. The van der Waals surface area contributed by atoms with Gasteiger partial charge in [0.1, 0.15) is 11.8 Å². The zero-order valence-corrected chi connectivity index (χ0v) is 16.4. The number of para-hydroxylation sites is 1. The van der Waals surface area contributed by atoms with Crippen LogP contribution in [0.1, 0.15) is 16.8 Å². The first-order chi connectivity index (χ1) is 14.2. The van der Waals surface area contributed by atoms with Gasteiger partial charge in [-0.2, -0.15) is 5.48 Å². The number of aromatic nitrogens is 1. The lowest BCUT2D eigenvalue weighted by molar-refractivity contribution is -0.274. The van der Waals surface area contributed by atoms with E-state index in [-0.39, 0.29) is 12.2 Å². The summed E-state index contributed by atoms with van der Waals surface area (Å²) in [6.07, 6.45) is -4.58. The number of nitrogens with zero attached hydrogens (tertiary/aromatic N) is 1. The van der Waals surface area contributed by atoms with Gasteiger partial charge in [-0.25, -0.2) is 0 Å². The summed E-state index contributed by atoms with van der Waals surface area (Å²) in [6.45, 7) is 2.16. The van der Waals surface area contributed by atoms with Gasteiger partial charge in [0.2, 0.25) is 0 Å². The lowest BCUT2D eigenvalue weighted by atomic mass is 10.0. The molecule has 1 aromatic heterocycles. The van der Waals surface area contributed by atoms with Gasteiger partial charge in [0, 0.05) is 29.6 Å². The molecule has 0 aliphatic heterocycles. The Labute approximate surface area is 170 Å². The number of hydroxylamine groups is 1. The fraction of sp³-hybridized carbons (Fsp3) is 0.286. The Morgan fingerprint density at radius 3 is 2.60 bits per heavy atom. The molecular weight excluding hydrogens is 401 g/mol. The maximum Gasteiger partial charge on any atom is 0.573 e. The molecule has 160 valence electrons. The van der Waals surface area contributed by atoms with Crippen LogP contribution in [0, 0.1) is 6.92 Å². The molecule has 0 saturated heterocycles. The normalized spacial score (nSPS) is 12.8. The van der Waals surface area contributed by atoms with E-state index in [0.717, 1.165) is 22.2 Å². The minimum absolute atomic E-state index is 0.180. The summed E-state index contributed by atoms with van der Waals surface area (Å²) >= 11 is 0. The number of carboxylic acids is 1.